The fourth-order valence-electron chi connectivity index (χ4n) is 1.24. The van der Waals surface area contributed by atoms with E-state index in [0.717, 1.165) is 6.42 Å². The van der Waals surface area contributed by atoms with Crippen molar-refractivity contribution in [2.75, 3.05) is 0 Å². The number of aromatic nitrogens is 2. The highest BCUT2D eigenvalue weighted by Gasteiger charge is 2.03. The third-order valence-corrected chi connectivity index (χ3v) is 2.74. The van der Waals surface area contributed by atoms with Crippen LogP contribution in [0.3, 0.4) is 0 Å². The highest BCUT2D eigenvalue weighted by Crippen LogP contribution is 2.26. The van der Waals surface area contributed by atoms with Crippen LogP contribution in [-0.2, 0) is 6.42 Å². The van der Waals surface area contributed by atoms with Crippen molar-refractivity contribution in [3.8, 4) is 11.6 Å². The molecule has 0 aliphatic heterocycles. The summed E-state index contributed by atoms with van der Waals surface area (Å²) < 4.78 is 6.27. The van der Waals surface area contributed by atoms with Crippen LogP contribution in [0.4, 0.5) is 0 Å². The molecule has 0 unspecified atom stereocenters. The molecule has 0 N–H and O–H groups in total. The van der Waals surface area contributed by atoms with E-state index in [4.69, 9.17) is 4.74 Å². The van der Waals surface area contributed by atoms with E-state index in [0.29, 0.717) is 16.2 Å². The van der Waals surface area contributed by atoms with Crippen LogP contribution in [-0.4, -0.2) is 9.97 Å². The van der Waals surface area contributed by atoms with Gasteiger partial charge in [-0.1, -0.05) is 13.0 Å². The summed E-state index contributed by atoms with van der Waals surface area (Å²) >= 11 is 3.32. The monoisotopic (exact) mass is 278 g/mol. The van der Waals surface area contributed by atoms with Crippen molar-refractivity contribution in [1.82, 2.24) is 9.97 Å². The summed E-state index contributed by atoms with van der Waals surface area (Å²) in [5.74, 6) is 1.24. The van der Waals surface area contributed by atoms with Gasteiger partial charge in [-0.05, 0) is 40.0 Å². The quantitative estimate of drug-likeness (QED) is 0.805. The first-order chi connectivity index (χ1) is 7.79. The SMILES string of the molecule is CCc1ccc(Oc2cccnc2Br)nc1. The first-order valence-corrected chi connectivity index (χ1v) is 5.82. The number of ether oxygens (including phenoxy) is 1. The molecule has 0 fully saturated rings. The molecule has 0 radical (unpaired) electrons. The van der Waals surface area contributed by atoms with Crippen molar-refractivity contribution in [2.45, 2.75) is 13.3 Å². The number of halogens is 1. The number of rotatable bonds is 3. The van der Waals surface area contributed by atoms with Crippen molar-refractivity contribution in [3.63, 3.8) is 0 Å². The van der Waals surface area contributed by atoms with Gasteiger partial charge in [0.2, 0.25) is 5.88 Å². The van der Waals surface area contributed by atoms with Crippen LogP contribution in [0.1, 0.15) is 12.5 Å². The van der Waals surface area contributed by atoms with Gasteiger partial charge < -0.3 is 4.74 Å². The number of pyridine rings is 2. The molecule has 0 bridgehead atoms. The molecule has 82 valence electrons. The molecule has 2 rings (SSSR count). The molecular formula is C12H11BrN2O. The van der Waals surface area contributed by atoms with Crippen molar-refractivity contribution in [1.29, 1.82) is 0 Å². The summed E-state index contributed by atoms with van der Waals surface area (Å²) in [5.41, 5.74) is 1.19. The molecule has 2 aromatic heterocycles. The zero-order chi connectivity index (χ0) is 11.4. The van der Waals surface area contributed by atoms with Gasteiger partial charge in [-0.3, -0.25) is 0 Å². The van der Waals surface area contributed by atoms with Gasteiger partial charge in [0, 0.05) is 18.5 Å². The smallest absolute Gasteiger partial charge is 0.219 e. The second kappa shape index (κ2) is 5.07. The Kier molecular flexibility index (Phi) is 3.51. The van der Waals surface area contributed by atoms with Crippen LogP contribution in [0.25, 0.3) is 0 Å². The number of aryl methyl sites for hydroxylation is 1. The Morgan fingerprint density at radius 1 is 1.25 bits per heavy atom. The molecule has 0 amide bonds. The lowest BCUT2D eigenvalue weighted by Gasteiger charge is -2.05. The van der Waals surface area contributed by atoms with Crippen LogP contribution in [0, 0.1) is 0 Å². The van der Waals surface area contributed by atoms with Gasteiger partial charge in [0.1, 0.15) is 4.60 Å². The third kappa shape index (κ3) is 2.58. The van der Waals surface area contributed by atoms with Crippen LogP contribution in [0.5, 0.6) is 11.6 Å². The predicted molar refractivity (Wildman–Crippen MR) is 65.6 cm³/mol. The second-order valence-corrected chi connectivity index (χ2v) is 4.00. The summed E-state index contributed by atoms with van der Waals surface area (Å²) in [5, 5.41) is 0. The molecule has 0 atom stereocenters. The molecule has 0 saturated heterocycles. The Hall–Kier alpha value is -1.42. The fraction of sp³-hybridized carbons (Fsp3) is 0.167. The van der Waals surface area contributed by atoms with E-state index in [1.165, 1.54) is 5.56 Å². The summed E-state index contributed by atoms with van der Waals surface area (Å²) in [6.07, 6.45) is 4.49. The molecule has 2 heterocycles. The lowest BCUT2D eigenvalue weighted by atomic mass is 10.2. The summed E-state index contributed by atoms with van der Waals surface area (Å²) in [4.78, 5) is 8.29. The van der Waals surface area contributed by atoms with Gasteiger partial charge >= 0.3 is 0 Å². The van der Waals surface area contributed by atoms with Crippen LogP contribution >= 0.6 is 15.9 Å². The van der Waals surface area contributed by atoms with E-state index < -0.39 is 0 Å². The van der Waals surface area contributed by atoms with E-state index in [1.54, 1.807) is 6.20 Å². The fourth-order valence-corrected chi connectivity index (χ4v) is 1.57. The van der Waals surface area contributed by atoms with E-state index in [-0.39, 0.29) is 0 Å². The third-order valence-electron chi connectivity index (χ3n) is 2.15. The van der Waals surface area contributed by atoms with Crippen molar-refractivity contribution < 1.29 is 4.74 Å². The van der Waals surface area contributed by atoms with Crippen LogP contribution in [0.15, 0.2) is 41.3 Å². The first kappa shape index (κ1) is 11.1. The molecular weight excluding hydrogens is 268 g/mol. The minimum Gasteiger partial charge on any atom is -0.436 e. The number of nitrogens with zero attached hydrogens (tertiary/aromatic N) is 2. The van der Waals surface area contributed by atoms with Crippen LogP contribution in [0.2, 0.25) is 0 Å². The second-order valence-electron chi connectivity index (χ2n) is 3.25. The lowest BCUT2D eigenvalue weighted by molar-refractivity contribution is 0.457. The standard InChI is InChI=1S/C12H11BrN2O/c1-2-9-5-6-11(15-8-9)16-10-4-3-7-14-12(10)13/h3-8H,2H2,1H3. The first-order valence-electron chi connectivity index (χ1n) is 5.03. The molecule has 0 saturated carbocycles. The molecule has 0 aromatic carbocycles. The van der Waals surface area contributed by atoms with Gasteiger partial charge in [-0.15, -0.1) is 0 Å². The normalized spacial score (nSPS) is 10.1. The van der Waals surface area contributed by atoms with Gasteiger partial charge in [-0.2, -0.15) is 0 Å². The van der Waals surface area contributed by atoms with E-state index in [1.807, 2.05) is 30.5 Å². The van der Waals surface area contributed by atoms with E-state index in [2.05, 4.69) is 32.8 Å². The maximum atomic E-state index is 5.59. The summed E-state index contributed by atoms with van der Waals surface area (Å²) in [6.45, 7) is 2.09. The largest absolute Gasteiger partial charge is 0.436 e. The van der Waals surface area contributed by atoms with E-state index >= 15 is 0 Å². The van der Waals surface area contributed by atoms with Crippen molar-refractivity contribution in [2.24, 2.45) is 0 Å². The minimum atomic E-state index is 0.575. The Morgan fingerprint density at radius 3 is 2.75 bits per heavy atom. The Labute approximate surface area is 103 Å². The predicted octanol–water partition coefficient (Wildman–Crippen LogP) is 3.59. The number of hydrogen-bond donors (Lipinski definition) is 0. The van der Waals surface area contributed by atoms with Gasteiger partial charge in [-0.25, -0.2) is 9.97 Å². The highest BCUT2D eigenvalue weighted by atomic mass is 79.9. The molecule has 2 aromatic rings. The molecule has 4 heteroatoms. The molecule has 0 spiro atoms. The zero-order valence-corrected chi connectivity index (χ0v) is 10.4. The summed E-state index contributed by atoms with van der Waals surface area (Å²) in [6, 6.07) is 7.53. The summed E-state index contributed by atoms with van der Waals surface area (Å²) in [7, 11) is 0. The van der Waals surface area contributed by atoms with Gasteiger partial charge in [0.25, 0.3) is 0 Å². The lowest BCUT2D eigenvalue weighted by Crippen LogP contribution is -1.90. The molecule has 16 heavy (non-hydrogen) atoms. The molecule has 0 aliphatic carbocycles. The maximum absolute atomic E-state index is 5.59. The highest BCUT2D eigenvalue weighted by molar-refractivity contribution is 9.10. The average Bonchev–Trinajstić information content (AvgIpc) is 2.33. The van der Waals surface area contributed by atoms with Crippen molar-refractivity contribution in [3.05, 3.63) is 46.8 Å². The minimum absolute atomic E-state index is 0.575. The Morgan fingerprint density at radius 2 is 2.12 bits per heavy atom. The maximum Gasteiger partial charge on any atom is 0.219 e. The van der Waals surface area contributed by atoms with Crippen LogP contribution < -0.4 is 4.74 Å². The zero-order valence-electron chi connectivity index (χ0n) is 8.85. The molecule has 0 aliphatic rings. The van der Waals surface area contributed by atoms with Gasteiger partial charge in [0.05, 0.1) is 0 Å². The Balaban J connectivity index is 2.18. The number of hydrogen-bond acceptors (Lipinski definition) is 3. The molecule has 3 nitrogen and oxygen atoms in total. The topological polar surface area (TPSA) is 35.0 Å². The van der Waals surface area contributed by atoms with Gasteiger partial charge in [0.15, 0.2) is 5.75 Å². The average molecular weight is 279 g/mol. The Bertz CT molecular complexity index is 471. The van der Waals surface area contributed by atoms with Crippen molar-refractivity contribution >= 4 is 15.9 Å². The van der Waals surface area contributed by atoms with E-state index in [9.17, 15) is 0 Å².